The molecular formula is C19H21FN2O3S. The van der Waals surface area contributed by atoms with Crippen molar-refractivity contribution >= 4 is 23.2 Å². The lowest BCUT2D eigenvalue weighted by molar-refractivity contribution is -0.144. The van der Waals surface area contributed by atoms with Crippen LogP contribution in [0.15, 0.2) is 24.3 Å². The number of amides is 1. The molecule has 5 nitrogen and oxygen atoms in total. The molecule has 1 amide bonds. The first-order valence-corrected chi connectivity index (χ1v) is 9.51. The Kier molecular flexibility index (Phi) is 5.66. The van der Waals surface area contributed by atoms with E-state index >= 15 is 0 Å². The van der Waals surface area contributed by atoms with Crippen LogP contribution in [0, 0.1) is 24.6 Å². The lowest BCUT2D eigenvalue weighted by Crippen LogP contribution is -2.37. The van der Waals surface area contributed by atoms with Crippen LogP contribution in [0.2, 0.25) is 0 Å². The van der Waals surface area contributed by atoms with Gasteiger partial charge in [-0.15, -0.1) is 11.3 Å². The molecule has 0 radical (unpaired) electrons. The molecule has 0 unspecified atom stereocenters. The summed E-state index contributed by atoms with van der Waals surface area (Å²) in [5, 5.41) is 12.9. The van der Waals surface area contributed by atoms with E-state index in [4.69, 9.17) is 0 Å². The molecule has 26 heavy (non-hydrogen) atoms. The van der Waals surface area contributed by atoms with Gasteiger partial charge in [0.25, 0.3) is 5.91 Å². The Bertz CT molecular complexity index is 804. The van der Waals surface area contributed by atoms with Gasteiger partial charge in [-0.1, -0.05) is 12.8 Å². The Morgan fingerprint density at radius 2 is 1.96 bits per heavy atom. The number of carbonyl (C=O) groups is 2. The first-order valence-electron chi connectivity index (χ1n) is 8.70. The van der Waals surface area contributed by atoms with Crippen molar-refractivity contribution in [3.05, 3.63) is 40.7 Å². The first-order chi connectivity index (χ1) is 12.5. The maximum absolute atomic E-state index is 13.1. The predicted molar refractivity (Wildman–Crippen MR) is 97.7 cm³/mol. The molecule has 7 heteroatoms. The lowest BCUT2D eigenvalue weighted by Gasteiger charge is -2.28. The largest absolute Gasteiger partial charge is 0.481 e. The summed E-state index contributed by atoms with van der Waals surface area (Å²) in [6.45, 7) is 2.12. The molecule has 1 fully saturated rings. The molecule has 3 rings (SSSR count). The number of halogens is 1. The zero-order valence-electron chi connectivity index (χ0n) is 14.5. The van der Waals surface area contributed by atoms with E-state index in [-0.39, 0.29) is 23.6 Å². The summed E-state index contributed by atoms with van der Waals surface area (Å²) in [4.78, 5) is 28.8. The van der Waals surface area contributed by atoms with E-state index in [0.29, 0.717) is 28.5 Å². The second kappa shape index (κ2) is 7.95. The van der Waals surface area contributed by atoms with Crippen LogP contribution < -0.4 is 5.32 Å². The predicted octanol–water partition coefficient (Wildman–Crippen LogP) is 3.88. The fourth-order valence-corrected chi connectivity index (χ4v) is 4.39. The van der Waals surface area contributed by atoms with Crippen LogP contribution in [-0.4, -0.2) is 28.5 Å². The monoisotopic (exact) mass is 376 g/mol. The molecule has 1 aliphatic rings. The Hall–Kier alpha value is -2.28. The van der Waals surface area contributed by atoms with Gasteiger partial charge in [-0.3, -0.25) is 9.59 Å². The van der Waals surface area contributed by atoms with Gasteiger partial charge >= 0.3 is 5.97 Å². The van der Waals surface area contributed by atoms with Crippen molar-refractivity contribution in [2.45, 2.75) is 32.6 Å². The van der Waals surface area contributed by atoms with Gasteiger partial charge in [-0.25, -0.2) is 9.37 Å². The zero-order chi connectivity index (χ0) is 18.7. The molecule has 0 bridgehead atoms. The van der Waals surface area contributed by atoms with Crippen molar-refractivity contribution in [2.75, 3.05) is 6.54 Å². The SMILES string of the molecule is Cc1nc(-c2ccc(F)cc2)sc1C(=O)NC[C@@H]1CCCC[C@@H]1C(=O)O. The van der Waals surface area contributed by atoms with Crippen molar-refractivity contribution in [1.29, 1.82) is 0 Å². The summed E-state index contributed by atoms with van der Waals surface area (Å²) < 4.78 is 13.1. The number of aromatic nitrogens is 1. The van der Waals surface area contributed by atoms with Crippen molar-refractivity contribution in [2.24, 2.45) is 11.8 Å². The third-order valence-corrected chi connectivity index (χ3v) is 6.05. The minimum absolute atomic E-state index is 0.0324. The van der Waals surface area contributed by atoms with Crippen LogP contribution in [0.5, 0.6) is 0 Å². The van der Waals surface area contributed by atoms with E-state index in [2.05, 4.69) is 10.3 Å². The van der Waals surface area contributed by atoms with E-state index in [9.17, 15) is 19.1 Å². The zero-order valence-corrected chi connectivity index (χ0v) is 15.3. The number of benzene rings is 1. The second-order valence-electron chi connectivity index (χ2n) is 6.64. The van der Waals surface area contributed by atoms with Gasteiger partial charge in [0.2, 0.25) is 0 Å². The number of carboxylic acid groups (broad SMARTS) is 1. The van der Waals surface area contributed by atoms with Gasteiger partial charge in [0.15, 0.2) is 0 Å². The van der Waals surface area contributed by atoms with E-state index in [1.165, 1.54) is 23.5 Å². The van der Waals surface area contributed by atoms with Gasteiger partial charge in [0.05, 0.1) is 11.6 Å². The Morgan fingerprint density at radius 1 is 1.27 bits per heavy atom. The summed E-state index contributed by atoms with van der Waals surface area (Å²) in [7, 11) is 0. The molecule has 2 N–H and O–H groups in total. The highest BCUT2D eigenvalue weighted by Crippen LogP contribution is 2.31. The van der Waals surface area contributed by atoms with Crippen LogP contribution >= 0.6 is 11.3 Å². The number of carbonyl (C=O) groups excluding carboxylic acids is 1. The van der Waals surface area contributed by atoms with E-state index in [1.54, 1.807) is 19.1 Å². The molecule has 2 aromatic rings. The summed E-state index contributed by atoms with van der Waals surface area (Å²) in [6, 6.07) is 5.99. The number of rotatable bonds is 5. The van der Waals surface area contributed by atoms with Crippen LogP contribution in [0.1, 0.15) is 41.0 Å². The Morgan fingerprint density at radius 3 is 2.65 bits per heavy atom. The number of aliphatic carboxylic acids is 1. The van der Waals surface area contributed by atoms with Gasteiger partial charge in [-0.2, -0.15) is 0 Å². The Labute approximate surface area is 155 Å². The highest BCUT2D eigenvalue weighted by molar-refractivity contribution is 7.17. The van der Waals surface area contributed by atoms with Crippen molar-refractivity contribution < 1.29 is 19.1 Å². The van der Waals surface area contributed by atoms with E-state index in [1.807, 2.05) is 0 Å². The highest BCUT2D eigenvalue weighted by Gasteiger charge is 2.31. The maximum Gasteiger partial charge on any atom is 0.306 e. The Balaban J connectivity index is 1.68. The van der Waals surface area contributed by atoms with Crippen LogP contribution in [0.4, 0.5) is 4.39 Å². The number of hydrogen-bond acceptors (Lipinski definition) is 4. The fraction of sp³-hybridized carbons (Fsp3) is 0.421. The lowest BCUT2D eigenvalue weighted by atomic mass is 9.79. The molecule has 1 saturated carbocycles. The van der Waals surface area contributed by atoms with Gasteiger partial charge in [0.1, 0.15) is 15.7 Å². The van der Waals surface area contributed by atoms with Gasteiger partial charge in [-0.05, 0) is 49.9 Å². The average molecular weight is 376 g/mol. The van der Waals surface area contributed by atoms with Crippen molar-refractivity contribution in [1.82, 2.24) is 10.3 Å². The number of nitrogens with one attached hydrogen (secondary N) is 1. The minimum atomic E-state index is -0.781. The summed E-state index contributed by atoms with van der Waals surface area (Å²) in [5.41, 5.74) is 1.38. The first kappa shape index (κ1) is 18.5. The van der Waals surface area contributed by atoms with Gasteiger partial charge < -0.3 is 10.4 Å². The average Bonchev–Trinajstić information content (AvgIpc) is 3.02. The highest BCUT2D eigenvalue weighted by atomic mass is 32.1. The number of aryl methyl sites for hydroxylation is 1. The summed E-state index contributed by atoms with van der Waals surface area (Å²) in [5.74, 6) is -1.75. The summed E-state index contributed by atoms with van der Waals surface area (Å²) >= 11 is 1.26. The third-order valence-electron chi connectivity index (χ3n) is 4.85. The second-order valence-corrected chi connectivity index (χ2v) is 7.64. The number of carboxylic acids is 1. The smallest absolute Gasteiger partial charge is 0.306 e. The maximum atomic E-state index is 13.1. The molecule has 0 spiro atoms. The molecule has 1 aromatic heterocycles. The number of nitrogens with zero attached hydrogens (tertiary/aromatic N) is 1. The quantitative estimate of drug-likeness (QED) is 0.830. The fourth-order valence-electron chi connectivity index (χ4n) is 3.40. The number of thiazole rings is 1. The molecule has 1 aliphatic carbocycles. The van der Waals surface area contributed by atoms with Crippen molar-refractivity contribution in [3.8, 4) is 10.6 Å². The standard InChI is InChI=1S/C19H21FN2O3S/c1-11-16(26-18(22-11)12-6-8-14(20)9-7-12)17(23)21-10-13-4-2-3-5-15(13)19(24)25/h6-9,13,15H,2-5,10H2,1H3,(H,21,23)(H,24,25)/t13-,15-/m0/s1. The van der Waals surface area contributed by atoms with Crippen molar-refractivity contribution in [3.63, 3.8) is 0 Å². The minimum Gasteiger partial charge on any atom is -0.481 e. The van der Waals surface area contributed by atoms with E-state index in [0.717, 1.165) is 24.8 Å². The molecule has 0 saturated heterocycles. The molecule has 2 atom stereocenters. The normalized spacial score (nSPS) is 19.9. The third kappa shape index (κ3) is 4.09. The molecule has 0 aliphatic heterocycles. The van der Waals surface area contributed by atoms with Crippen LogP contribution in [-0.2, 0) is 4.79 Å². The van der Waals surface area contributed by atoms with Crippen LogP contribution in [0.3, 0.4) is 0 Å². The topological polar surface area (TPSA) is 79.3 Å². The molecule has 138 valence electrons. The number of hydrogen-bond donors (Lipinski definition) is 2. The van der Waals surface area contributed by atoms with Gasteiger partial charge in [0, 0.05) is 12.1 Å². The molecule has 1 heterocycles. The van der Waals surface area contributed by atoms with E-state index < -0.39 is 5.97 Å². The summed E-state index contributed by atoms with van der Waals surface area (Å²) in [6.07, 6.45) is 3.42. The molecular weight excluding hydrogens is 355 g/mol. The van der Waals surface area contributed by atoms with Crippen LogP contribution in [0.25, 0.3) is 10.6 Å². The molecule has 1 aromatic carbocycles.